The number of nitrogens with zero attached hydrogens (tertiary/aromatic N) is 1. The number of benzene rings is 1. The van der Waals surface area contributed by atoms with Crippen molar-refractivity contribution in [2.24, 2.45) is 0 Å². The monoisotopic (exact) mass is 417 g/mol. The molecule has 1 saturated carbocycles. The maximum atomic E-state index is 12.1. The minimum absolute atomic E-state index is 0.0834. The number of esters is 1. The molecule has 1 N–H and O–H groups in total. The summed E-state index contributed by atoms with van der Waals surface area (Å²) in [6.45, 7) is -0.295. The van der Waals surface area contributed by atoms with Gasteiger partial charge in [0, 0.05) is 16.7 Å². The Labute approximate surface area is 143 Å². The van der Waals surface area contributed by atoms with E-state index < -0.39 is 5.97 Å². The number of phenolic OH excluding ortho intramolecular Hbond substituents is 1. The fraction of sp³-hybridized carbons (Fsp3) is 0.500. The molecule has 1 aromatic carbocycles. The largest absolute Gasteiger partial charge is 0.507 e. The molecule has 0 unspecified atom stereocenters. The van der Waals surface area contributed by atoms with Gasteiger partial charge in [0.05, 0.1) is 0 Å². The molecule has 0 spiro atoms. The highest BCUT2D eigenvalue weighted by Crippen LogP contribution is 2.22. The lowest BCUT2D eigenvalue weighted by Crippen LogP contribution is -2.40. The standard InChI is InChI=1S/C16H20INO4/c1-18(12-5-3-2-4-6-12)15(20)10-22-16(21)13-9-11(17)7-8-14(13)19/h7-9,12,19H,2-6,10H2,1H3. The summed E-state index contributed by atoms with van der Waals surface area (Å²) in [5.41, 5.74) is 0.0834. The summed E-state index contributed by atoms with van der Waals surface area (Å²) in [5, 5.41) is 9.68. The van der Waals surface area contributed by atoms with Crippen LogP contribution in [0.2, 0.25) is 0 Å². The van der Waals surface area contributed by atoms with Gasteiger partial charge in [-0.3, -0.25) is 4.79 Å². The van der Waals surface area contributed by atoms with Crippen LogP contribution in [0.25, 0.3) is 0 Å². The minimum Gasteiger partial charge on any atom is -0.507 e. The molecular weight excluding hydrogens is 397 g/mol. The number of carbonyl (C=O) groups is 2. The number of carbonyl (C=O) groups excluding carboxylic acids is 2. The normalized spacial score (nSPS) is 15.4. The van der Waals surface area contributed by atoms with Crippen molar-refractivity contribution in [2.45, 2.75) is 38.1 Å². The number of halogens is 1. The Morgan fingerprint density at radius 2 is 2.00 bits per heavy atom. The zero-order chi connectivity index (χ0) is 16.1. The Kier molecular flexibility index (Phi) is 6.05. The number of rotatable bonds is 4. The Hall–Kier alpha value is -1.31. The second-order valence-corrected chi connectivity index (χ2v) is 6.78. The van der Waals surface area contributed by atoms with Gasteiger partial charge in [-0.2, -0.15) is 0 Å². The van der Waals surface area contributed by atoms with E-state index >= 15 is 0 Å². The van der Waals surface area contributed by atoms with Gasteiger partial charge in [-0.1, -0.05) is 19.3 Å². The Bertz CT molecular complexity index is 555. The van der Waals surface area contributed by atoms with Gasteiger partial charge in [0.1, 0.15) is 11.3 Å². The van der Waals surface area contributed by atoms with Crippen LogP contribution in [-0.4, -0.2) is 41.6 Å². The van der Waals surface area contributed by atoms with E-state index in [0.717, 1.165) is 29.3 Å². The molecule has 1 aliphatic rings. The van der Waals surface area contributed by atoms with Crippen LogP contribution in [-0.2, 0) is 9.53 Å². The molecule has 6 heteroatoms. The molecule has 120 valence electrons. The minimum atomic E-state index is -0.679. The molecule has 1 aromatic rings. The van der Waals surface area contributed by atoms with E-state index in [2.05, 4.69) is 0 Å². The van der Waals surface area contributed by atoms with E-state index in [1.54, 1.807) is 18.0 Å². The average Bonchev–Trinajstić information content (AvgIpc) is 2.54. The number of ether oxygens (including phenoxy) is 1. The van der Waals surface area contributed by atoms with Crippen LogP contribution >= 0.6 is 22.6 Å². The van der Waals surface area contributed by atoms with E-state index in [1.807, 2.05) is 22.6 Å². The summed E-state index contributed by atoms with van der Waals surface area (Å²) in [6, 6.07) is 4.90. The van der Waals surface area contributed by atoms with Crippen molar-refractivity contribution in [1.82, 2.24) is 4.90 Å². The molecule has 0 aliphatic heterocycles. The summed E-state index contributed by atoms with van der Waals surface area (Å²) in [5.74, 6) is -1.02. The van der Waals surface area contributed by atoms with Gasteiger partial charge < -0.3 is 14.7 Å². The highest BCUT2D eigenvalue weighted by molar-refractivity contribution is 14.1. The molecule has 0 atom stereocenters. The first-order valence-corrected chi connectivity index (χ1v) is 8.48. The van der Waals surface area contributed by atoms with Crippen molar-refractivity contribution < 1.29 is 19.4 Å². The molecular formula is C16H20INO4. The van der Waals surface area contributed by atoms with Gasteiger partial charge in [0.2, 0.25) is 0 Å². The van der Waals surface area contributed by atoms with Crippen molar-refractivity contribution in [2.75, 3.05) is 13.7 Å². The average molecular weight is 417 g/mol. The predicted molar refractivity (Wildman–Crippen MR) is 90.7 cm³/mol. The Balaban J connectivity index is 1.90. The topological polar surface area (TPSA) is 66.8 Å². The number of likely N-dealkylation sites (N-methyl/N-ethyl adjacent to an activating group) is 1. The first kappa shape index (κ1) is 17.1. The maximum Gasteiger partial charge on any atom is 0.342 e. The van der Waals surface area contributed by atoms with Gasteiger partial charge in [-0.25, -0.2) is 4.79 Å². The molecule has 0 radical (unpaired) electrons. The lowest BCUT2D eigenvalue weighted by Gasteiger charge is -2.31. The van der Waals surface area contributed by atoms with Gasteiger partial charge in [0.25, 0.3) is 5.91 Å². The molecule has 0 saturated heterocycles. The predicted octanol–water partition coefficient (Wildman–Crippen LogP) is 2.94. The Morgan fingerprint density at radius 1 is 1.32 bits per heavy atom. The molecule has 1 amide bonds. The summed E-state index contributed by atoms with van der Waals surface area (Å²) in [7, 11) is 1.76. The highest BCUT2D eigenvalue weighted by Gasteiger charge is 2.23. The molecule has 2 rings (SSSR count). The third-order valence-electron chi connectivity index (χ3n) is 4.02. The van der Waals surface area contributed by atoms with E-state index in [-0.39, 0.29) is 29.9 Å². The Morgan fingerprint density at radius 3 is 2.68 bits per heavy atom. The van der Waals surface area contributed by atoms with Crippen LogP contribution in [0.5, 0.6) is 5.75 Å². The van der Waals surface area contributed by atoms with Gasteiger partial charge in [0.15, 0.2) is 6.61 Å². The number of phenols is 1. The summed E-state index contributed by atoms with van der Waals surface area (Å²) >= 11 is 2.04. The quantitative estimate of drug-likeness (QED) is 0.605. The zero-order valence-corrected chi connectivity index (χ0v) is 14.7. The van der Waals surface area contributed by atoms with Gasteiger partial charge >= 0.3 is 5.97 Å². The van der Waals surface area contributed by atoms with Crippen LogP contribution in [0.3, 0.4) is 0 Å². The summed E-state index contributed by atoms with van der Waals surface area (Å²) < 4.78 is 5.86. The number of aromatic hydroxyl groups is 1. The molecule has 1 aliphatic carbocycles. The SMILES string of the molecule is CN(C(=O)COC(=O)c1cc(I)ccc1O)C1CCCCC1. The lowest BCUT2D eigenvalue weighted by atomic mass is 9.94. The second kappa shape index (κ2) is 7.80. The van der Waals surface area contributed by atoms with Crippen LogP contribution in [0, 0.1) is 3.57 Å². The molecule has 0 bridgehead atoms. The van der Waals surface area contributed by atoms with Crippen LogP contribution in [0.1, 0.15) is 42.5 Å². The zero-order valence-electron chi connectivity index (χ0n) is 12.5. The number of hydrogen-bond donors (Lipinski definition) is 1. The van der Waals surface area contributed by atoms with Crippen LogP contribution in [0.4, 0.5) is 0 Å². The lowest BCUT2D eigenvalue weighted by molar-refractivity contribution is -0.135. The van der Waals surface area contributed by atoms with E-state index in [9.17, 15) is 14.7 Å². The molecule has 5 nitrogen and oxygen atoms in total. The maximum absolute atomic E-state index is 12.1. The fourth-order valence-electron chi connectivity index (χ4n) is 2.65. The van der Waals surface area contributed by atoms with E-state index in [1.165, 1.54) is 18.6 Å². The summed E-state index contributed by atoms with van der Waals surface area (Å²) in [4.78, 5) is 25.8. The second-order valence-electron chi connectivity index (χ2n) is 5.53. The van der Waals surface area contributed by atoms with Crippen molar-refractivity contribution in [3.8, 4) is 5.75 Å². The van der Waals surface area contributed by atoms with Gasteiger partial charge in [-0.05, 0) is 53.6 Å². The number of amides is 1. The van der Waals surface area contributed by atoms with Crippen molar-refractivity contribution in [1.29, 1.82) is 0 Å². The third kappa shape index (κ3) is 4.34. The third-order valence-corrected chi connectivity index (χ3v) is 4.69. The van der Waals surface area contributed by atoms with E-state index in [4.69, 9.17) is 4.74 Å². The smallest absolute Gasteiger partial charge is 0.342 e. The summed E-state index contributed by atoms with van der Waals surface area (Å²) in [6.07, 6.45) is 5.51. The first-order valence-electron chi connectivity index (χ1n) is 7.40. The van der Waals surface area contributed by atoms with Crippen LogP contribution in [0.15, 0.2) is 18.2 Å². The van der Waals surface area contributed by atoms with Crippen molar-refractivity contribution in [3.63, 3.8) is 0 Å². The van der Waals surface area contributed by atoms with Crippen molar-refractivity contribution in [3.05, 3.63) is 27.3 Å². The molecule has 0 aromatic heterocycles. The molecule has 1 fully saturated rings. The fourth-order valence-corrected chi connectivity index (χ4v) is 3.14. The van der Waals surface area contributed by atoms with E-state index in [0.29, 0.717) is 0 Å². The molecule has 22 heavy (non-hydrogen) atoms. The first-order chi connectivity index (χ1) is 10.5. The number of hydrogen-bond acceptors (Lipinski definition) is 4. The van der Waals surface area contributed by atoms with Gasteiger partial charge in [-0.15, -0.1) is 0 Å². The van der Waals surface area contributed by atoms with Crippen molar-refractivity contribution >= 4 is 34.5 Å². The molecule has 0 heterocycles. The highest BCUT2D eigenvalue weighted by atomic mass is 127. The van der Waals surface area contributed by atoms with Crippen LogP contribution < -0.4 is 0 Å².